The van der Waals surface area contributed by atoms with Crippen LogP contribution >= 0.6 is 0 Å². The van der Waals surface area contributed by atoms with Gasteiger partial charge in [-0.15, -0.1) is 0 Å². The molecule has 274 valence electrons. The van der Waals surface area contributed by atoms with E-state index >= 15 is 0 Å². The molecule has 2 fully saturated rings. The van der Waals surface area contributed by atoms with E-state index in [1.165, 1.54) is 109 Å². The van der Waals surface area contributed by atoms with E-state index < -0.39 is 0 Å². The summed E-state index contributed by atoms with van der Waals surface area (Å²) in [6.07, 6.45) is 5.35. The molecule has 0 amide bonds. The Hall–Kier alpha value is -6.18. The van der Waals surface area contributed by atoms with Gasteiger partial charge in [-0.1, -0.05) is 160 Å². The molecule has 1 spiro atoms. The molecule has 57 heavy (non-hydrogen) atoms. The van der Waals surface area contributed by atoms with Gasteiger partial charge in [0.2, 0.25) is 0 Å². The van der Waals surface area contributed by atoms with Gasteiger partial charge in [-0.25, -0.2) is 0 Å². The Morgan fingerprint density at radius 1 is 0.456 bits per heavy atom. The third kappa shape index (κ3) is 4.69. The van der Waals surface area contributed by atoms with Crippen LogP contribution in [0.1, 0.15) is 61.8 Å². The minimum atomic E-state index is -0.102. The number of hydrogen-bond donors (Lipinski definition) is 0. The van der Waals surface area contributed by atoms with Crippen molar-refractivity contribution in [2.45, 2.75) is 50.4 Å². The van der Waals surface area contributed by atoms with Crippen molar-refractivity contribution in [1.82, 2.24) is 0 Å². The van der Waals surface area contributed by atoms with E-state index in [-0.39, 0.29) is 10.8 Å². The van der Waals surface area contributed by atoms with Crippen LogP contribution in [-0.2, 0) is 10.8 Å². The topological polar surface area (TPSA) is 3.24 Å². The van der Waals surface area contributed by atoms with Crippen LogP contribution in [-0.4, -0.2) is 0 Å². The minimum absolute atomic E-state index is 0.102. The largest absolute Gasteiger partial charge is 0.310 e. The lowest BCUT2D eigenvalue weighted by Crippen LogP contribution is -2.32. The molecule has 4 aliphatic carbocycles. The predicted molar refractivity (Wildman–Crippen MR) is 239 cm³/mol. The van der Waals surface area contributed by atoms with Crippen molar-refractivity contribution in [3.05, 3.63) is 198 Å². The van der Waals surface area contributed by atoms with Crippen LogP contribution in [0.5, 0.6) is 0 Å². The highest BCUT2D eigenvalue weighted by Crippen LogP contribution is 2.66. The lowest BCUT2D eigenvalue weighted by atomic mass is 9.67. The van der Waals surface area contributed by atoms with Gasteiger partial charge in [-0.05, 0) is 145 Å². The highest BCUT2D eigenvalue weighted by molar-refractivity contribution is 5.98. The van der Waals surface area contributed by atoms with Gasteiger partial charge in [0.25, 0.3) is 0 Å². The predicted octanol–water partition coefficient (Wildman–Crippen LogP) is 15.0. The lowest BCUT2D eigenvalue weighted by molar-refractivity contribution is 0.327. The van der Waals surface area contributed by atoms with Crippen molar-refractivity contribution in [1.29, 1.82) is 0 Å². The molecule has 12 rings (SSSR count). The molecule has 8 aromatic carbocycles. The monoisotopic (exact) mass is 731 g/mol. The Balaban J connectivity index is 1.06. The summed E-state index contributed by atoms with van der Waals surface area (Å²) in [4.78, 5) is 2.53. The van der Waals surface area contributed by atoms with E-state index in [0.29, 0.717) is 5.92 Å². The Morgan fingerprint density at radius 2 is 1.04 bits per heavy atom. The zero-order valence-electron chi connectivity index (χ0n) is 32.7. The van der Waals surface area contributed by atoms with Gasteiger partial charge in [-0.3, -0.25) is 0 Å². The standard InChI is InChI=1S/C56H45N/c1-55(2)51-25-7-5-21-48(51)50-24-12-23-46(54(50)55)39-16-10-18-42(33-39)57(41-17-9-15-38(32-41)45-22-11-14-37-13-3-4-19-44(37)45)43-29-30-49-47-20-6-8-26-52(47)56(53(49)34-43)35-36-27-28-40(56)31-36/h3-26,29-30,32-34,36,40H,27-28,31,35H2,1-2H3. The van der Waals surface area contributed by atoms with Gasteiger partial charge in [0.05, 0.1) is 0 Å². The highest BCUT2D eigenvalue weighted by atomic mass is 15.1. The highest BCUT2D eigenvalue weighted by Gasteiger charge is 2.56. The SMILES string of the molecule is CC1(C)c2ccccc2-c2cccc(-c3cccc(N(c4cccc(-c5cccc6ccccc56)c4)c4ccc5c(c4)C4(CC6CCC4C6)c4ccccc4-5)c3)c21. The molecule has 0 aliphatic heterocycles. The van der Waals surface area contributed by atoms with Crippen molar-refractivity contribution in [3.8, 4) is 44.5 Å². The number of fused-ring (bicyclic) bond motifs is 12. The van der Waals surface area contributed by atoms with Gasteiger partial charge >= 0.3 is 0 Å². The fourth-order valence-electron chi connectivity index (χ4n) is 12.2. The van der Waals surface area contributed by atoms with Crippen molar-refractivity contribution < 1.29 is 0 Å². The average Bonchev–Trinajstić information content (AvgIpc) is 4.01. The zero-order chi connectivity index (χ0) is 37.9. The summed E-state index contributed by atoms with van der Waals surface area (Å²) in [6, 6.07) is 66.6. The van der Waals surface area contributed by atoms with Crippen molar-refractivity contribution in [2.75, 3.05) is 4.90 Å². The van der Waals surface area contributed by atoms with Gasteiger partial charge in [0.15, 0.2) is 0 Å². The van der Waals surface area contributed by atoms with E-state index in [1.54, 1.807) is 11.1 Å². The third-order valence-electron chi connectivity index (χ3n) is 14.5. The van der Waals surface area contributed by atoms with Gasteiger partial charge < -0.3 is 4.90 Å². The van der Waals surface area contributed by atoms with Crippen molar-refractivity contribution in [3.63, 3.8) is 0 Å². The van der Waals surface area contributed by atoms with Crippen LogP contribution in [0.4, 0.5) is 17.1 Å². The van der Waals surface area contributed by atoms with Crippen molar-refractivity contribution >= 4 is 27.8 Å². The van der Waals surface area contributed by atoms with Crippen LogP contribution in [0.2, 0.25) is 0 Å². The summed E-state index contributed by atoms with van der Waals surface area (Å²) in [5, 5.41) is 2.54. The molecule has 8 aromatic rings. The lowest BCUT2D eigenvalue weighted by Gasteiger charge is -2.37. The minimum Gasteiger partial charge on any atom is -0.310 e. The quantitative estimate of drug-likeness (QED) is 0.170. The first-order valence-corrected chi connectivity index (χ1v) is 21.0. The van der Waals surface area contributed by atoms with E-state index in [9.17, 15) is 0 Å². The fourth-order valence-corrected chi connectivity index (χ4v) is 12.2. The number of anilines is 3. The summed E-state index contributed by atoms with van der Waals surface area (Å²) in [5.74, 6) is 1.53. The second kappa shape index (κ2) is 12.2. The fraction of sp³-hybridized carbons (Fsp3) is 0.179. The first-order chi connectivity index (χ1) is 28.0. The molecule has 0 aromatic heterocycles. The van der Waals surface area contributed by atoms with Gasteiger partial charge in [0, 0.05) is 27.9 Å². The normalized spacial score (nSPS) is 20.4. The number of rotatable bonds is 5. The molecule has 2 saturated carbocycles. The molecule has 2 bridgehead atoms. The molecule has 3 atom stereocenters. The molecule has 0 N–H and O–H groups in total. The Bertz CT molecular complexity index is 2920. The first-order valence-electron chi connectivity index (χ1n) is 21.0. The molecule has 1 nitrogen and oxygen atoms in total. The molecule has 3 unspecified atom stereocenters. The molecule has 1 heteroatoms. The average molecular weight is 732 g/mol. The zero-order valence-corrected chi connectivity index (χ0v) is 32.7. The summed E-state index contributed by atoms with van der Waals surface area (Å²) < 4.78 is 0. The summed E-state index contributed by atoms with van der Waals surface area (Å²) in [7, 11) is 0. The second-order valence-corrected chi connectivity index (χ2v) is 17.7. The van der Waals surface area contributed by atoms with E-state index in [2.05, 4.69) is 195 Å². The number of benzene rings is 8. The van der Waals surface area contributed by atoms with Gasteiger partial charge in [0.1, 0.15) is 0 Å². The first kappa shape index (κ1) is 33.0. The molecule has 0 radical (unpaired) electrons. The van der Waals surface area contributed by atoms with Crippen molar-refractivity contribution in [2.24, 2.45) is 11.8 Å². The Labute approximate surface area is 336 Å². The maximum atomic E-state index is 2.59. The van der Waals surface area contributed by atoms with Crippen LogP contribution < -0.4 is 4.90 Å². The number of nitrogens with zero attached hydrogens (tertiary/aromatic N) is 1. The smallest absolute Gasteiger partial charge is 0.0467 e. The summed E-state index contributed by atoms with van der Waals surface area (Å²) in [5.41, 5.74) is 20.1. The number of hydrogen-bond acceptors (Lipinski definition) is 1. The summed E-state index contributed by atoms with van der Waals surface area (Å²) in [6.45, 7) is 4.79. The maximum absolute atomic E-state index is 2.59. The Morgan fingerprint density at radius 3 is 1.81 bits per heavy atom. The second-order valence-electron chi connectivity index (χ2n) is 17.7. The van der Waals surface area contributed by atoms with Crippen LogP contribution in [0.15, 0.2) is 176 Å². The third-order valence-corrected chi connectivity index (χ3v) is 14.5. The van der Waals surface area contributed by atoms with E-state index in [4.69, 9.17) is 0 Å². The molecule has 0 heterocycles. The maximum Gasteiger partial charge on any atom is 0.0467 e. The van der Waals surface area contributed by atoms with E-state index in [0.717, 1.165) is 5.92 Å². The van der Waals surface area contributed by atoms with Crippen LogP contribution in [0.3, 0.4) is 0 Å². The van der Waals surface area contributed by atoms with Gasteiger partial charge in [-0.2, -0.15) is 0 Å². The molecular weight excluding hydrogens is 687 g/mol. The molecular formula is C56H45N. The Kier molecular flexibility index (Phi) is 7.04. The van der Waals surface area contributed by atoms with Crippen LogP contribution in [0.25, 0.3) is 55.3 Å². The van der Waals surface area contributed by atoms with Crippen LogP contribution in [0, 0.1) is 11.8 Å². The van der Waals surface area contributed by atoms with E-state index in [1.807, 2.05) is 0 Å². The molecule has 4 aliphatic rings. The summed E-state index contributed by atoms with van der Waals surface area (Å²) >= 11 is 0. The molecule has 0 saturated heterocycles.